The van der Waals surface area contributed by atoms with Crippen LogP contribution >= 0.6 is 0 Å². The quantitative estimate of drug-likeness (QED) is 0.831. The summed E-state index contributed by atoms with van der Waals surface area (Å²) in [5.41, 5.74) is 2.29. The Morgan fingerprint density at radius 2 is 2.17 bits per heavy atom. The van der Waals surface area contributed by atoms with Crippen LogP contribution in [0.4, 0.5) is 4.39 Å². The summed E-state index contributed by atoms with van der Waals surface area (Å²) in [6, 6.07) is 8.67. The van der Waals surface area contributed by atoms with E-state index in [1.165, 1.54) is 12.1 Å². The first-order chi connectivity index (χ1) is 8.61. The fourth-order valence-corrected chi connectivity index (χ4v) is 1.95. The summed E-state index contributed by atoms with van der Waals surface area (Å²) in [5.74, 6) is 0.589. The third kappa shape index (κ3) is 2.40. The van der Waals surface area contributed by atoms with Gasteiger partial charge in [-0.2, -0.15) is 5.26 Å². The molecule has 0 bridgehead atoms. The summed E-state index contributed by atoms with van der Waals surface area (Å²) in [4.78, 5) is 4.37. The first kappa shape index (κ1) is 12.3. The Balaban J connectivity index is 2.16. The summed E-state index contributed by atoms with van der Waals surface area (Å²) in [5, 5.41) is 9.08. The number of nitriles is 1. The van der Waals surface area contributed by atoms with Crippen molar-refractivity contribution in [3.63, 3.8) is 0 Å². The van der Waals surface area contributed by atoms with Gasteiger partial charge in [-0.1, -0.05) is 12.1 Å². The number of aryl methyl sites for hydroxylation is 3. The third-order valence-corrected chi connectivity index (χ3v) is 3.04. The van der Waals surface area contributed by atoms with E-state index in [1.54, 1.807) is 10.6 Å². The van der Waals surface area contributed by atoms with Gasteiger partial charge in [-0.3, -0.25) is 0 Å². The second kappa shape index (κ2) is 5.01. The Kier molecular flexibility index (Phi) is 3.42. The number of hydrogen-bond donors (Lipinski definition) is 0. The number of nitrogens with zero attached hydrogens (tertiary/aromatic N) is 3. The van der Waals surface area contributed by atoms with Gasteiger partial charge in [0.1, 0.15) is 23.4 Å². The van der Waals surface area contributed by atoms with E-state index in [2.05, 4.69) is 11.1 Å². The summed E-state index contributed by atoms with van der Waals surface area (Å²) in [6.07, 6.45) is 1.33. The van der Waals surface area contributed by atoms with Gasteiger partial charge in [0.25, 0.3) is 0 Å². The lowest BCUT2D eigenvalue weighted by molar-refractivity contribution is 0.625. The zero-order valence-electron chi connectivity index (χ0n) is 10.4. The van der Waals surface area contributed by atoms with Gasteiger partial charge in [0, 0.05) is 7.05 Å². The predicted octanol–water partition coefficient (Wildman–Crippen LogP) is 2.52. The third-order valence-electron chi connectivity index (χ3n) is 3.04. The highest BCUT2D eigenvalue weighted by Crippen LogP contribution is 2.13. The molecule has 4 heteroatoms. The molecule has 0 spiro atoms. The van der Waals surface area contributed by atoms with Gasteiger partial charge in [-0.05, 0) is 37.5 Å². The lowest BCUT2D eigenvalue weighted by Crippen LogP contribution is -1.97. The minimum atomic E-state index is -0.231. The number of halogens is 1. The Bertz CT molecular complexity index is 608. The van der Waals surface area contributed by atoms with Gasteiger partial charge in [0.05, 0.1) is 5.69 Å². The minimum absolute atomic E-state index is 0.231. The molecule has 0 fully saturated rings. The van der Waals surface area contributed by atoms with Crippen LogP contribution in [0.2, 0.25) is 0 Å². The Labute approximate surface area is 106 Å². The van der Waals surface area contributed by atoms with E-state index in [0.717, 1.165) is 17.1 Å². The average molecular weight is 243 g/mol. The largest absolute Gasteiger partial charge is 0.323 e. The SMILES string of the molecule is Cc1nc(CCc2cccc(F)c2)c(C#N)n1C. The maximum atomic E-state index is 13.0. The second-order valence-electron chi connectivity index (χ2n) is 4.26. The molecule has 92 valence electrons. The smallest absolute Gasteiger partial charge is 0.143 e. The number of benzene rings is 1. The molecule has 0 unspecified atom stereocenters. The Morgan fingerprint density at radius 3 is 2.83 bits per heavy atom. The van der Waals surface area contributed by atoms with Crippen molar-refractivity contribution in [3.8, 4) is 6.07 Å². The summed E-state index contributed by atoms with van der Waals surface area (Å²) >= 11 is 0. The molecule has 0 amide bonds. The minimum Gasteiger partial charge on any atom is -0.323 e. The molecule has 0 radical (unpaired) electrons. The molecule has 1 heterocycles. The van der Waals surface area contributed by atoms with Crippen molar-refractivity contribution in [1.29, 1.82) is 5.26 Å². The molecule has 18 heavy (non-hydrogen) atoms. The van der Waals surface area contributed by atoms with E-state index < -0.39 is 0 Å². The van der Waals surface area contributed by atoms with Crippen LogP contribution in [0.15, 0.2) is 24.3 Å². The van der Waals surface area contributed by atoms with Crippen molar-refractivity contribution in [2.24, 2.45) is 7.05 Å². The molecule has 0 saturated carbocycles. The van der Waals surface area contributed by atoms with Crippen LogP contribution in [0.5, 0.6) is 0 Å². The summed E-state index contributed by atoms with van der Waals surface area (Å²) in [6.45, 7) is 1.87. The van der Waals surface area contributed by atoms with Crippen molar-refractivity contribution in [2.45, 2.75) is 19.8 Å². The zero-order chi connectivity index (χ0) is 13.1. The van der Waals surface area contributed by atoms with Gasteiger partial charge in [0.2, 0.25) is 0 Å². The lowest BCUT2D eigenvalue weighted by Gasteiger charge is -2.00. The van der Waals surface area contributed by atoms with Crippen LogP contribution in [-0.4, -0.2) is 9.55 Å². The van der Waals surface area contributed by atoms with Crippen molar-refractivity contribution < 1.29 is 4.39 Å². The van der Waals surface area contributed by atoms with Crippen molar-refractivity contribution in [1.82, 2.24) is 9.55 Å². The first-order valence-corrected chi connectivity index (χ1v) is 5.78. The molecule has 0 saturated heterocycles. The number of rotatable bonds is 3. The van der Waals surface area contributed by atoms with Gasteiger partial charge < -0.3 is 4.57 Å². The second-order valence-corrected chi connectivity index (χ2v) is 4.26. The average Bonchev–Trinajstić information content (AvgIpc) is 2.62. The highest BCUT2D eigenvalue weighted by atomic mass is 19.1. The maximum absolute atomic E-state index is 13.0. The van der Waals surface area contributed by atoms with E-state index >= 15 is 0 Å². The summed E-state index contributed by atoms with van der Waals surface area (Å²) < 4.78 is 14.8. The lowest BCUT2D eigenvalue weighted by atomic mass is 10.1. The van der Waals surface area contributed by atoms with E-state index in [4.69, 9.17) is 5.26 Å². The molecule has 1 aromatic heterocycles. The Morgan fingerprint density at radius 1 is 1.39 bits per heavy atom. The number of imidazole rings is 1. The molecule has 1 aromatic carbocycles. The molecular formula is C14H14FN3. The van der Waals surface area contributed by atoms with Crippen molar-refractivity contribution in [2.75, 3.05) is 0 Å². The Hall–Kier alpha value is -2.15. The molecule has 2 rings (SSSR count). The fourth-order valence-electron chi connectivity index (χ4n) is 1.95. The first-order valence-electron chi connectivity index (χ1n) is 5.78. The van der Waals surface area contributed by atoms with Crippen LogP contribution in [0.1, 0.15) is 22.8 Å². The van der Waals surface area contributed by atoms with E-state index in [-0.39, 0.29) is 5.82 Å². The van der Waals surface area contributed by atoms with Gasteiger partial charge in [-0.25, -0.2) is 9.37 Å². The number of aromatic nitrogens is 2. The van der Waals surface area contributed by atoms with Crippen LogP contribution < -0.4 is 0 Å². The van der Waals surface area contributed by atoms with Gasteiger partial charge in [-0.15, -0.1) is 0 Å². The zero-order valence-corrected chi connectivity index (χ0v) is 10.4. The molecule has 0 N–H and O–H groups in total. The van der Waals surface area contributed by atoms with E-state index in [1.807, 2.05) is 20.0 Å². The fraction of sp³-hybridized carbons (Fsp3) is 0.286. The molecule has 0 aliphatic rings. The van der Waals surface area contributed by atoms with E-state index in [0.29, 0.717) is 18.5 Å². The molecule has 2 aromatic rings. The maximum Gasteiger partial charge on any atom is 0.143 e. The van der Waals surface area contributed by atoms with Crippen LogP contribution in [0, 0.1) is 24.1 Å². The van der Waals surface area contributed by atoms with Crippen LogP contribution in [0.3, 0.4) is 0 Å². The summed E-state index contributed by atoms with van der Waals surface area (Å²) in [7, 11) is 1.83. The monoisotopic (exact) mass is 243 g/mol. The molecule has 0 atom stereocenters. The standard InChI is InChI=1S/C14H14FN3/c1-10-17-13(14(9-16)18(10)2)7-6-11-4-3-5-12(15)8-11/h3-5,8H,6-7H2,1-2H3. The highest BCUT2D eigenvalue weighted by molar-refractivity contribution is 5.30. The number of hydrogen-bond acceptors (Lipinski definition) is 2. The predicted molar refractivity (Wildman–Crippen MR) is 66.5 cm³/mol. The van der Waals surface area contributed by atoms with Gasteiger partial charge in [0.15, 0.2) is 0 Å². The molecule has 0 aliphatic heterocycles. The topological polar surface area (TPSA) is 41.6 Å². The van der Waals surface area contributed by atoms with Gasteiger partial charge >= 0.3 is 0 Å². The highest BCUT2D eigenvalue weighted by Gasteiger charge is 2.11. The van der Waals surface area contributed by atoms with E-state index in [9.17, 15) is 4.39 Å². The normalized spacial score (nSPS) is 10.3. The molecule has 3 nitrogen and oxygen atoms in total. The van der Waals surface area contributed by atoms with Crippen LogP contribution in [0.25, 0.3) is 0 Å². The van der Waals surface area contributed by atoms with Crippen LogP contribution in [-0.2, 0) is 19.9 Å². The molecule has 0 aliphatic carbocycles. The van der Waals surface area contributed by atoms with Crippen molar-refractivity contribution >= 4 is 0 Å². The molecular weight excluding hydrogens is 229 g/mol. The van der Waals surface area contributed by atoms with Crippen molar-refractivity contribution in [3.05, 3.63) is 52.9 Å².